The van der Waals surface area contributed by atoms with Crippen LogP contribution in [0, 0.1) is 0 Å². The monoisotopic (exact) mass is 227 g/mol. The molecule has 2 heterocycles. The van der Waals surface area contributed by atoms with E-state index in [2.05, 4.69) is 10.2 Å². The van der Waals surface area contributed by atoms with E-state index in [0.29, 0.717) is 5.65 Å². The number of rotatable bonds is 2. The van der Waals surface area contributed by atoms with Gasteiger partial charge in [0.2, 0.25) is 0 Å². The number of hydrogen-bond acceptors (Lipinski definition) is 4. The van der Waals surface area contributed by atoms with Crippen LogP contribution in [0.15, 0.2) is 12.3 Å². The lowest BCUT2D eigenvalue weighted by Gasteiger charge is -2.00. The molecule has 0 radical (unpaired) electrons. The number of aliphatic hydroxyl groups excluding tert-OH is 1. The maximum absolute atomic E-state index is 10.7. The van der Waals surface area contributed by atoms with Crippen LogP contribution in [0.2, 0.25) is 5.02 Å². The summed E-state index contributed by atoms with van der Waals surface area (Å²) in [6.07, 6.45) is 1.31. The first-order valence-corrected chi connectivity index (χ1v) is 4.38. The molecule has 2 aromatic rings. The summed E-state index contributed by atoms with van der Waals surface area (Å²) in [6, 6.07) is 1.29. The summed E-state index contributed by atoms with van der Waals surface area (Å²) in [5.41, 5.74) is 0.340. The Bertz CT molecular complexity index is 537. The van der Waals surface area contributed by atoms with Gasteiger partial charge in [-0.2, -0.15) is 0 Å². The molecule has 2 rings (SSSR count). The molecule has 15 heavy (non-hydrogen) atoms. The van der Waals surface area contributed by atoms with Crippen LogP contribution in [-0.2, 0) is 6.61 Å². The zero-order valence-corrected chi connectivity index (χ0v) is 8.14. The van der Waals surface area contributed by atoms with Gasteiger partial charge in [0.1, 0.15) is 6.61 Å². The van der Waals surface area contributed by atoms with Crippen LogP contribution in [0.25, 0.3) is 5.65 Å². The first kappa shape index (κ1) is 9.88. The minimum atomic E-state index is -1.10. The number of carbonyl (C=O) groups is 1. The Labute approximate surface area is 88.7 Å². The molecule has 0 aromatic carbocycles. The molecule has 78 valence electrons. The quantitative estimate of drug-likeness (QED) is 0.783. The van der Waals surface area contributed by atoms with Crippen molar-refractivity contribution in [3.8, 4) is 0 Å². The fraction of sp³-hybridized carbons (Fsp3) is 0.125. The van der Waals surface area contributed by atoms with Crippen molar-refractivity contribution >= 4 is 23.2 Å². The van der Waals surface area contributed by atoms with Crippen LogP contribution in [0.3, 0.4) is 0 Å². The lowest BCUT2D eigenvalue weighted by Crippen LogP contribution is -2.01. The van der Waals surface area contributed by atoms with Gasteiger partial charge in [0.25, 0.3) is 0 Å². The minimum Gasteiger partial charge on any atom is -0.478 e. The zero-order chi connectivity index (χ0) is 11.0. The second-order valence-corrected chi connectivity index (χ2v) is 3.26. The molecule has 0 atom stereocenters. The lowest BCUT2D eigenvalue weighted by atomic mass is 10.3. The molecule has 7 heteroatoms. The Kier molecular flexibility index (Phi) is 2.29. The average molecular weight is 228 g/mol. The number of carboxylic acids is 1. The number of halogens is 1. The molecule has 0 saturated carbocycles. The van der Waals surface area contributed by atoms with Gasteiger partial charge in [-0.15, -0.1) is 10.2 Å². The SMILES string of the molecule is O=C(O)c1cc(Cl)c2nnc(CO)n2c1. The highest BCUT2D eigenvalue weighted by atomic mass is 35.5. The number of nitrogens with zero attached hydrogens (tertiary/aromatic N) is 3. The standard InChI is InChI=1S/C8H6ClN3O3/c9-5-1-4(8(14)15)2-12-6(3-13)10-11-7(5)12/h1-2,13H,3H2,(H,14,15). The molecule has 0 unspecified atom stereocenters. The van der Waals surface area contributed by atoms with Crippen LogP contribution in [0.1, 0.15) is 16.2 Å². The van der Waals surface area contributed by atoms with E-state index in [9.17, 15) is 4.79 Å². The lowest BCUT2D eigenvalue weighted by molar-refractivity contribution is 0.0696. The first-order valence-electron chi connectivity index (χ1n) is 4.01. The minimum absolute atomic E-state index is 0.0157. The molecular formula is C8H6ClN3O3. The second kappa shape index (κ2) is 3.48. The van der Waals surface area contributed by atoms with E-state index < -0.39 is 5.97 Å². The Balaban J connectivity index is 2.77. The Hall–Kier alpha value is -1.66. The van der Waals surface area contributed by atoms with Gasteiger partial charge in [-0.1, -0.05) is 11.6 Å². The van der Waals surface area contributed by atoms with Crippen LogP contribution in [-0.4, -0.2) is 30.8 Å². The third-order valence-corrected chi connectivity index (χ3v) is 2.20. The summed E-state index contributed by atoms with van der Waals surface area (Å²) in [6.45, 7) is -0.333. The molecule has 0 aliphatic heterocycles. The molecule has 0 aliphatic rings. The van der Waals surface area contributed by atoms with Crippen molar-refractivity contribution in [1.29, 1.82) is 0 Å². The highest BCUT2D eigenvalue weighted by Crippen LogP contribution is 2.18. The molecule has 2 aromatic heterocycles. The van der Waals surface area contributed by atoms with E-state index in [4.69, 9.17) is 21.8 Å². The summed E-state index contributed by atoms with van der Waals surface area (Å²) >= 11 is 5.81. The van der Waals surface area contributed by atoms with E-state index in [1.54, 1.807) is 0 Å². The Morgan fingerprint density at radius 2 is 2.27 bits per heavy atom. The van der Waals surface area contributed by atoms with Gasteiger partial charge in [0.05, 0.1) is 10.6 Å². The van der Waals surface area contributed by atoms with Crippen LogP contribution >= 0.6 is 11.6 Å². The van der Waals surface area contributed by atoms with Crippen molar-refractivity contribution in [2.45, 2.75) is 6.61 Å². The van der Waals surface area contributed by atoms with Gasteiger partial charge in [-0.3, -0.25) is 4.40 Å². The van der Waals surface area contributed by atoms with E-state index >= 15 is 0 Å². The van der Waals surface area contributed by atoms with Crippen LogP contribution in [0.5, 0.6) is 0 Å². The van der Waals surface area contributed by atoms with E-state index in [1.165, 1.54) is 16.7 Å². The number of aromatic nitrogens is 3. The van der Waals surface area contributed by atoms with Crippen molar-refractivity contribution in [2.24, 2.45) is 0 Å². The molecule has 0 amide bonds. The molecule has 0 fully saturated rings. The molecular weight excluding hydrogens is 222 g/mol. The zero-order valence-electron chi connectivity index (χ0n) is 7.38. The largest absolute Gasteiger partial charge is 0.478 e. The van der Waals surface area contributed by atoms with Crippen molar-refractivity contribution < 1.29 is 15.0 Å². The second-order valence-electron chi connectivity index (χ2n) is 2.85. The van der Waals surface area contributed by atoms with Crippen molar-refractivity contribution in [3.63, 3.8) is 0 Å². The van der Waals surface area contributed by atoms with E-state index in [0.717, 1.165) is 0 Å². The smallest absolute Gasteiger partial charge is 0.337 e. The summed E-state index contributed by atoms with van der Waals surface area (Å²) in [4.78, 5) is 10.7. The van der Waals surface area contributed by atoms with E-state index in [1.807, 2.05) is 0 Å². The van der Waals surface area contributed by atoms with Gasteiger partial charge in [-0.25, -0.2) is 4.79 Å². The summed E-state index contributed by atoms with van der Waals surface area (Å²) in [5.74, 6) is -0.855. The maximum Gasteiger partial charge on any atom is 0.337 e. The van der Waals surface area contributed by atoms with Crippen molar-refractivity contribution in [3.05, 3.63) is 28.7 Å². The Morgan fingerprint density at radius 1 is 1.53 bits per heavy atom. The number of pyridine rings is 1. The van der Waals surface area contributed by atoms with Crippen molar-refractivity contribution in [1.82, 2.24) is 14.6 Å². The highest BCUT2D eigenvalue weighted by Gasteiger charge is 2.12. The van der Waals surface area contributed by atoms with Crippen LogP contribution < -0.4 is 0 Å². The third kappa shape index (κ3) is 1.53. The summed E-state index contributed by atoms with van der Waals surface area (Å²) in [7, 11) is 0. The maximum atomic E-state index is 10.7. The van der Waals surface area contributed by atoms with Crippen LogP contribution in [0.4, 0.5) is 0 Å². The molecule has 0 aliphatic carbocycles. The average Bonchev–Trinajstić information content (AvgIpc) is 2.60. The fourth-order valence-corrected chi connectivity index (χ4v) is 1.47. The van der Waals surface area contributed by atoms with Gasteiger partial charge >= 0.3 is 5.97 Å². The predicted octanol–water partition coefficient (Wildman–Crippen LogP) is 0.573. The predicted molar refractivity (Wildman–Crippen MR) is 50.9 cm³/mol. The van der Waals surface area contributed by atoms with Crippen molar-refractivity contribution in [2.75, 3.05) is 0 Å². The van der Waals surface area contributed by atoms with Gasteiger partial charge in [-0.05, 0) is 6.07 Å². The van der Waals surface area contributed by atoms with Gasteiger partial charge in [0.15, 0.2) is 11.5 Å². The molecule has 0 bridgehead atoms. The number of aliphatic hydroxyl groups is 1. The summed E-state index contributed by atoms with van der Waals surface area (Å²) < 4.78 is 1.35. The molecule has 6 nitrogen and oxygen atoms in total. The van der Waals surface area contributed by atoms with Gasteiger partial charge < -0.3 is 10.2 Å². The summed E-state index contributed by atoms with van der Waals surface area (Å²) in [5, 5.41) is 25.3. The molecule has 2 N–H and O–H groups in total. The van der Waals surface area contributed by atoms with Gasteiger partial charge in [0, 0.05) is 6.20 Å². The number of hydrogen-bond donors (Lipinski definition) is 2. The number of carboxylic acid groups (broad SMARTS) is 1. The highest BCUT2D eigenvalue weighted by molar-refractivity contribution is 6.33. The molecule has 0 spiro atoms. The third-order valence-electron chi connectivity index (χ3n) is 1.92. The number of fused-ring (bicyclic) bond motifs is 1. The molecule has 0 saturated heterocycles. The fourth-order valence-electron chi connectivity index (χ4n) is 1.22. The normalized spacial score (nSPS) is 10.8. The first-order chi connectivity index (χ1) is 7.13. The van der Waals surface area contributed by atoms with E-state index in [-0.39, 0.29) is 23.0 Å². The Morgan fingerprint density at radius 3 is 2.87 bits per heavy atom. The topological polar surface area (TPSA) is 87.7 Å². The number of aromatic carboxylic acids is 1.